The highest BCUT2D eigenvalue weighted by Crippen LogP contribution is 2.40. The predicted molar refractivity (Wildman–Crippen MR) is 102 cm³/mol. The molecular weight excluding hydrogens is 332 g/mol. The van der Waals surface area contributed by atoms with Crippen molar-refractivity contribution >= 4 is 11.8 Å². The van der Waals surface area contributed by atoms with E-state index in [2.05, 4.69) is 12.1 Å². The van der Waals surface area contributed by atoms with Gasteiger partial charge in [-0.25, -0.2) is 0 Å². The van der Waals surface area contributed by atoms with Crippen LogP contribution in [0.4, 0.5) is 0 Å². The number of thioether (sulfide) groups is 1. The molecule has 0 amide bonds. The molecule has 3 nitrogen and oxygen atoms in total. The molecule has 0 heterocycles. The summed E-state index contributed by atoms with van der Waals surface area (Å²) in [4.78, 5) is 1.14. The van der Waals surface area contributed by atoms with E-state index < -0.39 is 0 Å². The van der Waals surface area contributed by atoms with Crippen molar-refractivity contribution in [1.29, 1.82) is 0 Å². The molecule has 0 aliphatic heterocycles. The fraction of sp³-hybridized carbons (Fsp3) is 0.143. The van der Waals surface area contributed by atoms with Crippen molar-refractivity contribution in [3.05, 3.63) is 84.4 Å². The van der Waals surface area contributed by atoms with Crippen LogP contribution in [-0.2, 0) is 0 Å². The summed E-state index contributed by atoms with van der Waals surface area (Å²) >= 11 is 1.65. The SMILES string of the molecule is COc1ccc(C(Oc2ccccc2)Sc2ccccc2)cc1OC. The molecule has 0 aliphatic rings. The van der Waals surface area contributed by atoms with Crippen LogP contribution >= 0.6 is 11.8 Å². The van der Waals surface area contributed by atoms with Gasteiger partial charge in [0, 0.05) is 10.5 Å². The highest BCUT2D eigenvalue weighted by atomic mass is 32.2. The molecule has 1 unspecified atom stereocenters. The molecule has 0 spiro atoms. The maximum Gasteiger partial charge on any atom is 0.174 e. The van der Waals surface area contributed by atoms with Crippen LogP contribution in [0.2, 0.25) is 0 Å². The summed E-state index contributed by atoms with van der Waals surface area (Å²) in [6, 6.07) is 25.9. The van der Waals surface area contributed by atoms with E-state index in [1.54, 1.807) is 26.0 Å². The second kappa shape index (κ2) is 8.49. The Balaban J connectivity index is 1.92. The fourth-order valence-corrected chi connectivity index (χ4v) is 3.41. The summed E-state index contributed by atoms with van der Waals surface area (Å²) in [5.74, 6) is 2.22. The van der Waals surface area contributed by atoms with Crippen LogP contribution in [0.25, 0.3) is 0 Å². The van der Waals surface area contributed by atoms with Crippen molar-refractivity contribution in [1.82, 2.24) is 0 Å². The van der Waals surface area contributed by atoms with Gasteiger partial charge < -0.3 is 14.2 Å². The maximum atomic E-state index is 6.24. The number of hydrogen-bond acceptors (Lipinski definition) is 4. The molecule has 0 saturated carbocycles. The zero-order chi connectivity index (χ0) is 17.5. The second-order valence-corrected chi connectivity index (χ2v) is 6.44. The van der Waals surface area contributed by atoms with E-state index >= 15 is 0 Å². The lowest BCUT2D eigenvalue weighted by molar-refractivity contribution is 0.293. The van der Waals surface area contributed by atoms with E-state index in [-0.39, 0.29) is 5.44 Å². The summed E-state index contributed by atoms with van der Waals surface area (Å²) in [6.07, 6.45) is 0. The van der Waals surface area contributed by atoms with Gasteiger partial charge in [-0.3, -0.25) is 0 Å². The van der Waals surface area contributed by atoms with Gasteiger partial charge in [0.05, 0.1) is 14.2 Å². The first-order valence-electron chi connectivity index (χ1n) is 7.95. The Kier molecular flexibility index (Phi) is 5.86. The lowest BCUT2D eigenvalue weighted by atomic mass is 10.2. The summed E-state index contributed by atoms with van der Waals surface area (Å²) < 4.78 is 17.0. The number of methoxy groups -OCH3 is 2. The molecule has 0 aliphatic carbocycles. The first-order chi connectivity index (χ1) is 12.3. The van der Waals surface area contributed by atoms with Crippen molar-refractivity contribution in [2.45, 2.75) is 10.3 Å². The average Bonchev–Trinajstić information content (AvgIpc) is 2.68. The van der Waals surface area contributed by atoms with E-state index in [0.29, 0.717) is 11.5 Å². The second-order valence-electron chi connectivity index (χ2n) is 5.31. The third-order valence-electron chi connectivity index (χ3n) is 3.65. The molecule has 3 aromatic rings. The monoisotopic (exact) mass is 352 g/mol. The van der Waals surface area contributed by atoms with Gasteiger partial charge in [0.25, 0.3) is 0 Å². The van der Waals surface area contributed by atoms with Gasteiger partial charge >= 0.3 is 0 Å². The maximum absolute atomic E-state index is 6.24. The van der Waals surface area contributed by atoms with Crippen molar-refractivity contribution in [2.24, 2.45) is 0 Å². The van der Waals surface area contributed by atoms with Crippen LogP contribution in [0.5, 0.6) is 17.2 Å². The molecule has 4 heteroatoms. The van der Waals surface area contributed by atoms with E-state index in [1.165, 1.54) is 0 Å². The van der Waals surface area contributed by atoms with Gasteiger partial charge in [-0.15, -0.1) is 0 Å². The van der Waals surface area contributed by atoms with Gasteiger partial charge in [-0.05, 0) is 36.4 Å². The molecule has 1 atom stereocenters. The number of rotatable bonds is 7. The number of para-hydroxylation sites is 1. The zero-order valence-corrected chi connectivity index (χ0v) is 15.0. The minimum Gasteiger partial charge on any atom is -0.493 e. The Bertz CT molecular complexity index is 749. The van der Waals surface area contributed by atoms with E-state index in [4.69, 9.17) is 14.2 Å². The van der Waals surface area contributed by atoms with Crippen molar-refractivity contribution in [2.75, 3.05) is 14.2 Å². The van der Waals surface area contributed by atoms with Crippen molar-refractivity contribution < 1.29 is 14.2 Å². The molecule has 3 aromatic carbocycles. The largest absolute Gasteiger partial charge is 0.493 e. The smallest absolute Gasteiger partial charge is 0.174 e. The molecular formula is C21H20O3S. The number of hydrogen-bond donors (Lipinski definition) is 0. The predicted octanol–water partition coefficient (Wildman–Crippen LogP) is 5.57. The zero-order valence-electron chi connectivity index (χ0n) is 14.2. The Hall–Kier alpha value is -2.59. The third-order valence-corrected chi connectivity index (χ3v) is 4.78. The lowest BCUT2D eigenvalue weighted by Gasteiger charge is -2.20. The van der Waals surface area contributed by atoms with Crippen LogP contribution in [0, 0.1) is 0 Å². The number of benzene rings is 3. The molecule has 128 valence electrons. The summed E-state index contributed by atoms with van der Waals surface area (Å²) in [5, 5.41) is 0. The molecule has 0 radical (unpaired) electrons. The number of ether oxygens (including phenoxy) is 3. The first-order valence-corrected chi connectivity index (χ1v) is 8.83. The van der Waals surface area contributed by atoms with E-state index in [9.17, 15) is 0 Å². The van der Waals surface area contributed by atoms with E-state index in [0.717, 1.165) is 16.2 Å². The fourth-order valence-electron chi connectivity index (χ4n) is 2.40. The van der Waals surface area contributed by atoms with Gasteiger partial charge in [0.2, 0.25) is 0 Å². The van der Waals surface area contributed by atoms with Crippen molar-refractivity contribution in [3.8, 4) is 17.2 Å². The Morgan fingerprint density at radius 2 is 1.36 bits per heavy atom. The summed E-state index contributed by atoms with van der Waals surface area (Å²) in [6.45, 7) is 0. The minimum absolute atomic E-state index is 0.204. The topological polar surface area (TPSA) is 27.7 Å². The van der Waals surface area contributed by atoms with Crippen LogP contribution in [0.3, 0.4) is 0 Å². The molecule has 0 saturated heterocycles. The van der Waals surface area contributed by atoms with Crippen molar-refractivity contribution in [3.63, 3.8) is 0 Å². The lowest BCUT2D eigenvalue weighted by Crippen LogP contribution is -2.04. The van der Waals surface area contributed by atoms with Crippen LogP contribution in [0.15, 0.2) is 83.8 Å². The summed E-state index contributed by atoms with van der Waals surface area (Å²) in [5.41, 5.74) is 0.806. The molecule has 0 fully saturated rings. The molecule has 0 aromatic heterocycles. The molecule has 25 heavy (non-hydrogen) atoms. The standard InChI is InChI=1S/C21H20O3S/c1-22-19-14-13-16(15-20(19)23-2)21(24-17-9-5-3-6-10-17)25-18-11-7-4-8-12-18/h3-15,21H,1-2H3. The van der Waals surface area contributed by atoms with Gasteiger partial charge in [-0.2, -0.15) is 0 Å². The highest BCUT2D eigenvalue weighted by molar-refractivity contribution is 7.99. The Labute approximate surface area is 152 Å². The third kappa shape index (κ3) is 4.48. The van der Waals surface area contributed by atoms with Crippen LogP contribution in [-0.4, -0.2) is 14.2 Å². The van der Waals surface area contributed by atoms with Gasteiger partial charge in [0.1, 0.15) is 5.75 Å². The Morgan fingerprint density at radius 3 is 2.00 bits per heavy atom. The molecule has 0 N–H and O–H groups in total. The van der Waals surface area contributed by atoms with Gasteiger partial charge in [0.15, 0.2) is 16.9 Å². The molecule has 0 bridgehead atoms. The Morgan fingerprint density at radius 1 is 0.720 bits per heavy atom. The first kappa shape index (κ1) is 17.2. The summed E-state index contributed by atoms with van der Waals surface area (Å²) in [7, 11) is 3.27. The van der Waals surface area contributed by atoms with Gasteiger partial charge in [-0.1, -0.05) is 54.2 Å². The van der Waals surface area contributed by atoms with E-state index in [1.807, 2.05) is 66.7 Å². The normalized spacial score (nSPS) is 11.6. The van der Waals surface area contributed by atoms with Crippen LogP contribution < -0.4 is 14.2 Å². The van der Waals surface area contributed by atoms with Crippen LogP contribution in [0.1, 0.15) is 11.0 Å². The molecule has 3 rings (SSSR count). The highest BCUT2D eigenvalue weighted by Gasteiger charge is 2.18. The average molecular weight is 352 g/mol. The minimum atomic E-state index is -0.204. The quantitative estimate of drug-likeness (QED) is 0.410.